The molecule has 0 saturated heterocycles. The molecule has 104 valence electrons. The maximum atomic E-state index is 11.3. The van der Waals surface area contributed by atoms with E-state index in [1.807, 2.05) is 6.20 Å². The van der Waals surface area contributed by atoms with Crippen molar-refractivity contribution in [2.24, 2.45) is 0 Å². The van der Waals surface area contributed by atoms with Gasteiger partial charge in [-0.2, -0.15) is 5.10 Å². The second-order valence-electron chi connectivity index (χ2n) is 6.19. The van der Waals surface area contributed by atoms with Crippen molar-refractivity contribution in [3.63, 3.8) is 0 Å². The van der Waals surface area contributed by atoms with E-state index in [9.17, 15) is 4.79 Å². The lowest BCUT2D eigenvalue weighted by Gasteiger charge is -2.14. The van der Waals surface area contributed by atoms with Crippen LogP contribution in [0.2, 0.25) is 0 Å². The van der Waals surface area contributed by atoms with Crippen molar-refractivity contribution in [1.29, 1.82) is 0 Å². The van der Waals surface area contributed by atoms with Crippen LogP contribution in [0.15, 0.2) is 6.20 Å². The molecule has 3 heteroatoms. The van der Waals surface area contributed by atoms with Crippen LogP contribution in [-0.4, -0.2) is 16.1 Å². The maximum absolute atomic E-state index is 11.3. The molecule has 0 unspecified atom stereocenters. The summed E-state index contributed by atoms with van der Waals surface area (Å²) in [5.74, 6) is 0.534. The minimum Gasteiger partial charge on any atom is -0.298 e. The lowest BCUT2D eigenvalue weighted by atomic mass is 10.0. The molecule has 1 aromatic rings. The Morgan fingerprint density at radius 2 is 1.63 bits per heavy atom. The Morgan fingerprint density at radius 1 is 1.00 bits per heavy atom. The first-order chi connectivity index (χ1) is 9.38. The fraction of sp³-hybridized carbons (Fsp3) is 0.750. The second kappa shape index (κ2) is 5.89. The molecule has 0 N–H and O–H groups in total. The summed E-state index contributed by atoms with van der Waals surface area (Å²) in [5, 5.41) is 4.81. The molecule has 1 aromatic heterocycles. The smallest absolute Gasteiger partial charge is 0.153 e. The van der Waals surface area contributed by atoms with Crippen molar-refractivity contribution in [2.45, 2.75) is 76.2 Å². The first-order valence-electron chi connectivity index (χ1n) is 7.92. The maximum Gasteiger partial charge on any atom is 0.153 e. The van der Waals surface area contributed by atoms with E-state index < -0.39 is 0 Å². The Labute approximate surface area is 115 Å². The fourth-order valence-electron chi connectivity index (χ4n) is 3.74. The molecule has 0 spiro atoms. The molecule has 2 fully saturated rings. The molecule has 0 radical (unpaired) electrons. The van der Waals surface area contributed by atoms with Gasteiger partial charge in [-0.1, -0.05) is 38.5 Å². The number of rotatable bonds is 3. The van der Waals surface area contributed by atoms with Crippen LogP contribution in [0.4, 0.5) is 0 Å². The lowest BCUT2D eigenvalue weighted by molar-refractivity contribution is 0.112. The molecule has 3 nitrogen and oxygen atoms in total. The fourth-order valence-corrected chi connectivity index (χ4v) is 3.74. The molecule has 2 saturated carbocycles. The van der Waals surface area contributed by atoms with Crippen LogP contribution < -0.4 is 0 Å². The van der Waals surface area contributed by atoms with Gasteiger partial charge in [-0.25, -0.2) is 0 Å². The Bertz CT molecular complexity index is 424. The summed E-state index contributed by atoms with van der Waals surface area (Å²) in [6.45, 7) is 0. The van der Waals surface area contributed by atoms with Crippen molar-refractivity contribution in [3.05, 3.63) is 17.5 Å². The van der Waals surface area contributed by atoms with Crippen molar-refractivity contribution >= 4 is 6.29 Å². The van der Waals surface area contributed by atoms with Crippen LogP contribution in [-0.2, 0) is 0 Å². The van der Waals surface area contributed by atoms with Crippen LogP contribution in [0.3, 0.4) is 0 Å². The molecule has 3 rings (SSSR count). The lowest BCUT2D eigenvalue weighted by Crippen LogP contribution is -2.09. The third-order valence-corrected chi connectivity index (χ3v) is 4.86. The van der Waals surface area contributed by atoms with E-state index in [4.69, 9.17) is 5.10 Å². The third-order valence-electron chi connectivity index (χ3n) is 4.86. The zero-order chi connectivity index (χ0) is 13.1. The summed E-state index contributed by atoms with van der Waals surface area (Å²) in [7, 11) is 0. The van der Waals surface area contributed by atoms with Crippen LogP contribution in [0.25, 0.3) is 0 Å². The van der Waals surface area contributed by atoms with Gasteiger partial charge in [0.2, 0.25) is 0 Å². The monoisotopic (exact) mass is 260 g/mol. The summed E-state index contributed by atoms with van der Waals surface area (Å²) in [6.07, 6.45) is 15.8. The first-order valence-corrected chi connectivity index (χ1v) is 7.92. The van der Waals surface area contributed by atoms with E-state index in [0.717, 1.165) is 17.5 Å². The number of hydrogen-bond donors (Lipinski definition) is 0. The predicted octanol–water partition coefficient (Wildman–Crippen LogP) is 4.25. The molecule has 0 atom stereocenters. The van der Waals surface area contributed by atoms with E-state index in [-0.39, 0.29) is 0 Å². The van der Waals surface area contributed by atoms with E-state index >= 15 is 0 Å². The van der Waals surface area contributed by atoms with E-state index in [1.165, 1.54) is 64.2 Å². The molecule has 0 aliphatic heterocycles. The molecule has 2 aliphatic carbocycles. The second-order valence-corrected chi connectivity index (χ2v) is 6.19. The summed E-state index contributed by atoms with van der Waals surface area (Å²) in [6, 6.07) is 0.524. The highest BCUT2D eigenvalue weighted by atomic mass is 16.1. The zero-order valence-electron chi connectivity index (χ0n) is 11.7. The van der Waals surface area contributed by atoms with Gasteiger partial charge in [-0.3, -0.25) is 9.48 Å². The molecule has 19 heavy (non-hydrogen) atoms. The van der Waals surface area contributed by atoms with Crippen molar-refractivity contribution in [1.82, 2.24) is 9.78 Å². The number of aldehydes is 1. The number of aromatic nitrogens is 2. The van der Waals surface area contributed by atoms with Gasteiger partial charge in [0.1, 0.15) is 0 Å². The predicted molar refractivity (Wildman–Crippen MR) is 75.6 cm³/mol. The van der Waals surface area contributed by atoms with E-state index in [0.29, 0.717) is 12.0 Å². The average Bonchev–Trinajstić information content (AvgIpc) is 3.02. The number of carbonyl (C=O) groups excluding carboxylic acids is 1. The summed E-state index contributed by atoms with van der Waals surface area (Å²) < 4.78 is 2.11. The van der Waals surface area contributed by atoms with Crippen LogP contribution in [0.1, 0.15) is 92.2 Å². The van der Waals surface area contributed by atoms with Gasteiger partial charge in [-0.15, -0.1) is 0 Å². The van der Waals surface area contributed by atoms with Crippen LogP contribution in [0, 0.1) is 0 Å². The molecule has 0 aromatic carbocycles. The Kier molecular flexibility index (Phi) is 4.00. The first kappa shape index (κ1) is 12.9. The van der Waals surface area contributed by atoms with Crippen LogP contribution in [0.5, 0.6) is 0 Å². The summed E-state index contributed by atoms with van der Waals surface area (Å²) in [4.78, 5) is 11.3. The van der Waals surface area contributed by atoms with Gasteiger partial charge in [0.15, 0.2) is 6.29 Å². The SMILES string of the molecule is O=Cc1cn(C2CCCCCC2)nc1C1CCCC1. The Morgan fingerprint density at radius 3 is 2.26 bits per heavy atom. The molecule has 0 amide bonds. The molecule has 2 aliphatic rings. The standard InChI is InChI=1S/C16H24N2O/c19-12-14-11-18(15-9-3-1-2-4-10-15)17-16(14)13-7-5-6-8-13/h11-13,15H,1-10H2. The Balaban J connectivity index is 1.83. The molecular weight excluding hydrogens is 236 g/mol. The normalized spacial score (nSPS) is 22.5. The number of hydrogen-bond acceptors (Lipinski definition) is 2. The zero-order valence-corrected chi connectivity index (χ0v) is 11.7. The molecule has 0 bridgehead atoms. The van der Waals surface area contributed by atoms with Gasteiger partial charge in [0, 0.05) is 12.1 Å². The van der Waals surface area contributed by atoms with Crippen LogP contribution >= 0.6 is 0 Å². The highest BCUT2D eigenvalue weighted by Gasteiger charge is 2.25. The highest BCUT2D eigenvalue weighted by molar-refractivity contribution is 5.76. The van der Waals surface area contributed by atoms with Gasteiger partial charge in [0.05, 0.1) is 17.3 Å². The highest BCUT2D eigenvalue weighted by Crippen LogP contribution is 2.36. The minimum absolute atomic E-state index is 0.524. The van der Waals surface area contributed by atoms with Crippen molar-refractivity contribution in [3.8, 4) is 0 Å². The topological polar surface area (TPSA) is 34.9 Å². The van der Waals surface area contributed by atoms with E-state index in [2.05, 4.69) is 4.68 Å². The summed E-state index contributed by atoms with van der Waals surface area (Å²) in [5.41, 5.74) is 1.92. The third kappa shape index (κ3) is 2.75. The van der Waals surface area contributed by atoms with Gasteiger partial charge in [0.25, 0.3) is 0 Å². The van der Waals surface area contributed by atoms with E-state index in [1.54, 1.807) is 0 Å². The quantitative estimate of drug-likeness (QED) is 0.601. The Hall–Kier alpha value is -1.12. The largest absolute Gasteiger partial charge is 0.298 e. The molecular formula is C16H24N2O. The van der Waals surface area contributed by atoms with Gasteiger partial charge >= 0.3 is 0 Å². The van der Waals surface area contributed by atoms with Crippen molar-refractivity contribution in [2.75, 3.05) is 0 Å². The average molecular weight is 260 g/mol. The van der Waals surface area contributed by atoms with Gasteiger partial charge < -0.3 is 0 Å². The number of nitrogens with zero attached hydrogens (tertiary/aromatic N) is 2. The molecule has 1 heterocycles. The van der Waals surface area contributed by atoms with Crippen molar-refractivity contribution < 1.29 is 4.79 Å². The van der Waals surface area contributed by atoms with Gasteiger partial charge in [-0.05, 0) is 25.7 Å². The summed E-state index contributed by atoms with van der Waals surface area (Å²) >= 11 is 0. The number of carbonyl (C=O) groups is 1. The minimum atomic E-state index is 0.524.